The number of aryl methyl sites for hydroxylation is 2. The Morgan fingerprint density at radius 1 is 1.19 bits per heavy atom. The van der Waals surface area contributed by atoms with Crippen LogP contribution in [0.4, 0.5) is 4.79 Å². The number of hydrogen-bond acceptors (Lipinski definition) is 4. The van der Waals surface area contributed by atoms with Gasteiger partial charge in [0.2, 0.25) is 0 Å². The second kappa shape index (κ2) is 9.85. The number of H-pyrrole nitrogens is 1. The molecule has 2 heterocycles. The molecule has 0 fully saturated rings. The van der Waals surface area contributed by atoms with E-state index in [1.165, 1.54) is 0 Å². The SMILES string of the molecule is Cc1cc(C)c2cc(C(=O)NCCCN(Cc3cccnc3)C(=O)OC(C)(C)C)[nH]c2c1. The third-order valence-corrected chi connectivity index (χ3v) is 4.97. The standard InChI is InChI=1S/C25H32N4O3/c1-17-12-18(2)20-14-22(28-21(20)13-17)23(30)27-10-7-11-29(24(31)32-25(3,4)5)16-19-8-6-9-26-15-19/h6,8-9,12-15,28H,7,10-11,16H2,1-5H3,(H,27,30). The lowest BCUT2D eigenvalue weighted by atomic mass is 10.1. The number of nitrogens with zero attached hydrogens (tertiary/aromatic N) is 2. The Morgan fingerprint density at radius 3 is 2.66 bits per heavy atom. The van der Waals surface area contributed by atoms with Crippen molar-refractivity contribution in [3.05, 3.63) is 65.1 Å². The number of carbonyl (C=O) groups excluding carboxylic acids is 2. The van der Waals surface area contributed by atoms with Gasteiger partial charge in [0.05, 0.1) is 6.54 Å². The minimum Gasteiger partial charge on any atom is -0.444 e. The Morgan fingerprint density at radius 2 is 1.97 bits per heavy atom. The second-order valence-corrected chi connectivity index (χ2v) is 9.10. The van der Waals surface area contributed by atoms with Crippen LogP contribution < -0.4 is 5.32 Å². The van der Waals surface area contributed by atoms with Gasteiger partial charge in [-0.15, -0.1) is 0 Å². The normalized spacial score (nSPS) is 11.4. The summed E-state index contributed by atoms with van der Waals surface area (Å²) in [4.78, 5) is 34.2. The van der Waals surface area contributed by atoms with Crippen molar-refractivity contribution in [2.75, 3.05) is 13.1 Å². The van der Waals surface area contributed by atoms with E-state index in [4.69, 9.17) is 4.74 Å². The van der Waals surface area contributed by atoms with Crippen LogP contribution in [-0.4, -0.2) is 45.6 Å². The number of aromatic nitrogens is 2. The number of ether oxygens (including phenoxy) is 1. The van der Waals surface area contributed by atoms with E-state index < -0.39 is 5.60 Å². The molecule has 0 unspecified atom stereocenters. The molecular weight excluding hydrogens is 404 g/mol. The predicted molar refractivity (Wildman–Crippen MR) is 126 cm³/mol. The quantitative estimate of drug-likeness (QED) is 0.524. The van der Waals surface area contributed by atoms with Gasteiger partial charge in [0.15, 0.2) is 0 Å². The van der Waals surface area contributed by atoms with Gasteiger partial charge in [-0.1, -0.05) is 12.1 Å². The van der Waals surface area contributed by atoms with Crippen LogP contribution in [0.15, 0.2) is 42.7 Å². The fourth-order valence-corrected chi connectivity index (χ4v) is 3.56. The molecule has 170 valence electrons. The number of carbonyl (C=O) groups is 2. The lowest BCUT2D eigenvalue weighted by molar-refractivity contribution is 0.0232. The van der Waals surface area contributed by atoms with Gasteiger partial charge in [0.1, 0.15) is 11.3 Å². The van der Waals surface area contributed by atoms with Crippen LogP contribution in [0.25, 0.3) is 10.9 Å². The Hall–Kier alpha value is -3.35. The highest BCUT2D eigenvalue weighted by Crippen LogP contribution is 2.21. The first-order chi connectivity index (χ1) is 15.1. The molecule has 3 aromatic rings. The summed E-state index contributed by atoms with van der Waals surface area (Å²) in [5.74, 6) is -0.158. The summed E-state index contributed by atoms with van der Waals surface area (Å²) in [5.41, 5.74) is 4.13. The molecule has 0 atom stereocenters. The number of hydrogen-bond donors (Lipinski definition) is 2. The maximum Gasteiger partial charge on any atom is 0.410 e. The van der Waals surface area contributed by atoms with Gasteiger partial charge in [0.25, 0.3) is 5.91 Å². The lowest BCUT2D eigenvalue weighted by Gasteiger charge is -2.27. The van der Waals surface area contributed by atoms with Crippen molar-refractivity contribution >= 4 is 22.9 Å². The van der Waals surface area contributed by atoms with Crippen LogP contribution in [0, 0.1) is 13.8 Å². The highest BCUT2D eigenvalue weighted by molar-refractivity contribution is 5.98. The molecule has 0 aliphatic heterocycles. The molecule has 3 rings (SSSR count). The zero-order chi connectivity index (χ0) is 23.3. The van der Waals surface area contributed by atoms with Crippen LogP contribution in [0.1, 0.15) is 54.4 Å². The van der Waals surface area contributed by atoms with Crippen LogP contribution >= 0.6 is 0 Å². The van der Waals surface area contributed by atoms with Gasteiger partial charge in [0, 0.05) is 36.4 Å². The fourth-order valence-electron chi connectivity index (χ4n) is 3.56. The first-order valence-electron chi connectivity index (χ1n) is 10.9. The molecule has 7 nitrogen and oxygen atoms in total. The second-order valence-electron chi connectivity index (χ2n) is 9.10. The number of rotatable bonds is 7. The molecule has 7 heteroatoms. The zero-order valence-corrected chi connectivity index (χ0v) is 19.5. The molecule has 0 saturated heterocycles. The number of nitrogens with one attached hydrogen (secondary N) is 2. The van der Waals surface area contributed by atoms with E-state index in [2.05, 4.69) is 21.4 Å². The number of fused-ring (bicyclic) bond motifs is 1. The Balaban J connectivity index is 1.58. The number of aromatic amines is 1. The van der Waals surface area contributed by atoms with Gasteiger partial charge in [-0.05, 0) is 75.9 Å². The predicted octanol–water partition coefficient (Wildman–Crippen LogP) is 4.74. The average Bonchev–Trinajstić information content (AvgIpc) is 3.14. The van der Waals surface area contributed by atoms with Crippen molar-refractivity contribution in [1.82, 2.24) is 20.2 Å². The highest BCUT2D eigenvalue weighted by atomic mass is 16.6. The Kier molecular flexibility index (Phi) is 7.18. The summed E-state index contributed by atoms with van der Waals surface area (Å²) >= 11 is 0. The van der Waals surface area contributed by atoms with E-state index in [1.54, 1.807) is 17.3 Å². The van der Waals surface area contributed by atoms with Crippen molar-refractivity contribution in [1.29, 1.82) is 0 Å². The summed E-state index contributed by atoms with van der Waals surface area (Å²) in [7, 11) is 0. The average molecular weight is 437 g/mol. The smallest absolute Gasteiger partial charge is 0.410 e. The first-order valence-corrected chi connectivity index (χ1v) is 10.9. The molecular formula is C25H32N4O3. The third kappa shape index (κ3) is 6.33. The number of pyridine rings is 1. The summed E-state index contributed by atoms with van der Waals surface area (Å²) < 4.78 is 5.55. The maximum absolute atomic E-state index is 12.7. The largest absolute Gasteiger partial charge is 0.444 e. The molecule has 0 bridgehead atoms. The van der Waals surface area contributed by atoms with E-state index in [1.807, 2.05) is 58.9 Å². The molecule has 0 aliphatic rings. The van der Waals surface area contributed by atoms with E-state index in [-0.39, 0.29) is 12.0 Å². The maximum atomic E-state index is 12.7. The molecule has 2 amide bonds. The van der Waals surface area contributed by atoms with Crippen LogP contribution in [0.5, 0.6) is 0 Å². The van der Waals surface area contributed by atoms with Gasteiger partial charge in [-0.2, -0.15) is 0 Å². The van der Waals surface area contributed by atoms with Crippen molar-refractivity contribution in [2.24, 2.45) is 0 Å². The minimum absolute atomic E-state index is 0.158. The molecule has 32 heavy (non-hydrogen) atoms. The lowest BCUT2D eigenvalue weighted by Crippen LogP contribution is -2.38. The van der Waals surface area contributed by atoms with Crippen molar-refractivity contribution < 1.29 is 14.3 Å². The topological polar surface area (TPSA) is 87.3 Å². The van der Waals surface area contributed by atoms with Crippen LogP contribution in [0.2, 0.25) is 0 Å². The first kappa shape index (κ1) is 23.3. The summed E-state index contributed by atoms with van der Waals surface area (Å²) in [5, 5.41) is 3.99. The van der Waals surface area contributed by atoms with Crippen molar-refractivity contribution in [2.45, 2.75) is 53.2 Å². The Bertz CT molecular complexity index is 1080. The van der Waals surface area contributed by atoms with Gasteiger partial charge in [-0.3, -0.25) is 9.78 Å². The van der Waals surface area contributed by atoms with E-state index >= 15 is 0 Å². The van der Waals surface area contributed by atoms with E-state index in [9.17, 15) is 9.59 Å². The molecule has 0 spiro atoms. The van der Waals surface area contributed by atoms with Crippen molar-refractivity contribution in [3.8, 4) is 0 Å². The third-order valence-electron chi connectivity index (χ3n) is 4.97. The molecule has 0 radical (unpaired) electrons. The van der Waals surface area contributed by atoms with E-state index in [0.29, 0.717) is 31.7 Å². The fraction of sp³-hybridized carbons (Fsp3) is 0.400. The number of amides is 2. The molecule has 2 aromatic heterocycles. The molecule has 2 N–H and O–H groups in total. The number of benzene rings is 1. The molecule has 0 aliphatic carbocycles. The summed E-state index contributed by atoms with van der Waals surface area (Å²) in [6, 6.07) is 9.79. The summed E-state index contributed by atoms with van der Waals surface area (Å²) in [6.45, 7) is 10.9. The molecule has 0 saturated carbocycles. The minimum atomic E-state index is -0.579. The monoisotopic (exact) mass is 436 g/mol. The summed E-state index contributed by atoms with van der Waals surface area (Å²) in [6.07, 6.45) is 3.65. The zero-order valence-electron chi connectivity index (χ0n) is 19.5. The Labute approximate surface area is 189 Å². The van der Waals surface area contributed by atoms with Crippen LogP contribution in [0.3, 0.4) is 0 Å². The van der Waals surface area contributed by atoms with E-state index in [0.717, 1.165) is 27.6 Å². The van der Waals surface area contributed by atoms with Gasteiger partial charge < -0.3 is 19.9 Å². The molecule has 1 aromatic carbocycles. The van der Waals surface area contributed by atoms with Gasteiger partial charge in [-0.25, -0.2) is 4.79 Å². The van der Waals surface area contributed by atoms with Crippen molar-refractivity contribution in [3.63, 3.8) is 0 Å². The van der Waals surface area contributed by atoms with Gasteiger partial charge >= 0.3 is 6.09 Å². The van der Waals surface area contributed by atoms with Crippen LogP contribution in [-0.2, 0) is 11.3 Å². The highest BCUT2D eigenvalue weighted by Gasteiger charge is 2.22.